The standard InChI is InChI=1S/C3H8O3PS/c1-3-6-7(4,8)5-2/h3H2,1-2H3. The minimum absolute atomic E-state index is 0.328. The van der Waals surface area contributed by atoms with Gasteiger partial charge < -0.3 is 9.05 Å². The molecule has 8 heavy (non-hydrogen) atoms. The molecule has 0 aliphatic heterocycles. The van der Waals surface area contributed by atoms with Crippen molar-refractivity contribution >= 4 is 18.5 Å². The fraction of sp³-hybridized carbons (Fsp3) is 1.00. The van der Waals surface area contributed by atoms with Gasteiger partial charge in [0.1, 0.15) is 0 Å². The SMILES string of the molecule is CCOP([O])(=S)OC. The highest BCUT2D eigenvalue weighted by Crippen LogP contribution is 2.43. The second-order valence-corrected chi connectivity index (χ2v) is 3.91. The van der Waals surface area contributed by atoms with Gasteiger partial charge in [0.05, 0.1) is 6.61 Å². The van der Waals surface area contributed by atoms with Gasteiger partial charge >= 0.3 is 6.72 Å². The molecule has 0 aromatic rings. The predicted molar refractivity (Wildman–Crippen MR) is 33.6 cm³/mol. The van der Waals surface area contributed by atoms with Crippen LogP contribution in [0.25, 0.3) is 0 Å². The van der Waals surface area contributed by atoms with E-state index in [-0.39, 0.29) is 0 Å². The predicted octanol–water partition coefficient (Wildman–Crippen LogP) is 1.32. The van der Waals surface area contributed by atoms with Crippen molar-refractivity contribution in [2.45, 2.75) is 6.92 Å². The fourth-order valence-electron chi connectivity index (χ4n) is 0.211. The van der Waals surface area contributed by atoms with Gasteiger partial charge in [0, 0.05) is 7.11 Å². The van der Waals surface area contributed by atoms with E-state index in [9.17, 15) is 4.89 Å². The average Bonchev–Trinajstić information content (AvgIpc) is 1.67. The molecule has 0 N–H and O–H groups in total. The molecule has 0 bridgehead atoms. The average molecular weight is 155 g/mol. The topological polar surface area (TPSA) is 38.4 Å². The Morgan fingerprint density at radius 1 is 1.75 bits per heavy atom. The summed E-state index contributed by atoms with van der Waals surface area (Å²) in [6, 6.07) is 0. The van der Waals surface area contributed by atoms with Gasteiger partial charge in [0.2, 0.25) is 0 Å². The van der Waals surface area contributed by atoms with Crippen molar-refractivity contribution in [1.29, 1.82) is 0 Å². The molecule has 0 aromatic carbocycles. The highest BCUT2D eigenvalue weighted by Gasteiger charge is 2.11. The molecule has 1 unspecified atom stereocenters. The van der Waals surface area contributed by atoms with Crippen LogP contribution in [0, 0.1) is 0 Å². The molecule has 0 saturated heterocycles. The molecule has 0 heterocycles. The third kappa shape index (κ3) is 3.52. The van der Waals surface area contributed by atoms with Crippen LogP contribution in [0.2, 0.25) is 0 Å². The summed E-state index contributed by atoms with van der Waals surface area (Å²) in [6.45, 7) is -1.06. The highest BCUT2D eigenvalue weighted by molar-refractivity contribution is 8.07. The van der Waals surface area contributed by atoms with Crippen molar-refractivity contribution in [3.63, 3.8) is 0 Å². The van der Waals surface area contributed by atoms with Crippen molar-refractivity contribution in [2.24, 2.45) is 0 Å². The van der Waals surface area contributed by atoms with Gasteiger partial charge in [-0.3, -0.25) is 0 Å². The molecular weight excluding hydrogens is 147 g/mol. The van der Waals surface area contributed by atoms with Crippen LogP contribution in [0.3, 0.4) is 0 Å². The third-order valence-corrected chi connectivity index (χ3v) is 2.30. The molecule has 0 spiro atoms. The zero-order chi connectivity index (χ0) is 6.62. The summed E-state index contributed by atoms with van der Waals surface area (Å²) in [5.74, 6) is 0. The zero-order valence-corrected chi connectivity index (χ0v) is 6.50. The van der Waals surface area contributed by atoms with Gasteiger partial charge in [-0.15, -0.1) is 4.89 Å². The molecule has 0 amide bonds. The molecule has 0 aliphatic rings. The van der Waals surface area contributed by atoms with Crippen LogP contribution in [-0.4, -0.2) is 13.7 Å². The maximum atomic E-state index is 10.6. The Balaban J connectivity index is 3.55. The Morgan fingerprint density at radius 2 is 2.25 bits per heavy atom. The van der Waals surface area contributed by atoms with Gasteiger partial charge in [0.15, 0.2) is 0 Å². The van der Waals surface area contributed by atoms with Crippen LogP contribution in [0.5, 0.6) is 0 Å². The first-order valence-corrected chi connectivity index (χ1v) is 4.69. The number of hydrogen-bond acceptors (Lipinski definition) is 3. The Labute approximate surface area is 53.9 Å². The summed E-state index contributed by atoms with van der Waals surface area (Å²) in [4.78, 5) is 10.6. The molecule has 1 radical (unpaired) electrons. The summed E-state index contributed by atoms with van der Waals surface area (Å²) in [5.41, 5.74) is 0. The molecule has 0 saturated carbocycles. The van der Waals surface area contributed by atoms with Gasteiger partial charge in [-0.2, -0.15) is 0 Å². The van der Waals surface area contributed by atoms with Crippen molar-refractivity contribution in [3.8, 4) is 0 Å². The van der Waals surface area contributed by atoms with Gasteiger partial charge in [-0.25, -0.2) is 0 Å². The van der Waals surface area contributed by atoms with E-state index in [0.29, 0.717) is 6.61 Å². The molecule has 1 atom stereocenters. The van der Waals surface area contributed by atoms with Crippen molar-refractivity contribution in [1.82, 2.24) is 0 Å². The first-order chi connectivity index (χ1) is 3.62. The minimum atomic E-state index is -3.09. The molecule has 0 fully saturated rings. The van der Waals surface area contributed by atoms with E-state index in [1.807, 2.05) is 0 Å². The Hall–Kier alpha value is 0.530. The normalized spacial score (nSPS) is 17.9. The van der Waals surface area contributed by atoms with Crippen LogP contribution in [-0.2, 0) is 25.7 Å². The van der Waals surface area contributed by atoms with E-state index in [0.717, 1.165) is 0 Å². The van der Waals surface area contributed by atoms with E-state index in [4.69, 9.17) is 0 Å². The fourth-order valence-corrected chi connectivity index (χ4v) is 0.949. The van der Waals surface area contributed by atoms with Crippen LogP contribution in [0.15, 0.2) is 0 Å². The van der Waals surface area contributed by atoms with Gasteiger partial charge in [0.25, 0.3) is 0 Å². The Bertz CT molecular complexity index is 105. The van der Waals surface area contributed by atoms with Gasteiger partial charge in [-0.1, -0.05) is 0 Å². The maximum Gasteiger partial charge on any atom is 0.355 e. The second-order valence-electron chi connectivity index (χ2n) is 1.05. The largest absolute Gasteiger partial charge is 0.355 e. The van der Waals surface area contributed by atoms with Crippen molar-refractivity contribution < 1.29 is 13.9 Å². The van der Waals surface area contributed by atoms with Crippen LogP contribution in [0.4, 0.5) is 0 Å². The molecule has 0 aliphatic carbocycles. The smallest absolute Gasteiger partial charge is 0.310 e. The maximum absolute atomic E-state index is 10.6. The monoisotopic (exact) mass is 155 g/mol. The summed E-state index contributed by atoms with van der Waals surface area (Å²) in [7, 11) is 1.27. The Kier molecular flexibility index (Phi) is 3.77. The number of rotatable bonds is 3. The summed E-state index contributed by atoms with van der Waals surface area (Å²) in [5, 5.41) is 0. The lowest BCUT2D eigenvalue weighted by Gasteiger charge is -2.06. The van der Waals surface area contributed by atoms with E-state index in [1.54, 1.807) is 6.92 Å². The van der Waals surface area contributed by atoms with Gasteiger partial charge in [-0.05, 0) is 18.7 Å². The van der Waals surface area contributed by atoms with Crippen molar-refractivity contribution in [2.75, 3.05) is 13.7 Å². The quantitative estimate of drug-likeness (QED) is 0.577. The molecule has 0 aromatic heterocycles. The van der Waals surface area contributed by atoms with E-state index < -0.39 is 6.72 Å². The Morgan fingerprint density at radius 3 is 2.38 bits per heavy atom. The third-order valence-electron chi connectivity index (χ3n) is 0.511. The molecular formula is C3H8O3PS. The van der Waals surface area contributed by atoms with Crippen LogP contribution >= 0.6 is 6.72 Å². The van der Waals surface area contributed by atoms with Crippen molar-refractivity contribution in [3.05, 3.63) is 0 Å². The highest BCUT2D eigenvalue weighted by atomic mass is 32.5. The van der Waals surface area contributed by atoms with Crippen LogP contribution in [0.1, 0.15) is 6.92 Å². The first kappa shape index (κ1) is 8.53. The number of hydrogen-bond donors (Lipinski definition) is 0. The first-order valence-electron chi connectivity index (χ1n) is 2.13. The second kappa shape index (κ2) is 3.54. The molecule has 5 heteroatoms. The molecule has 49 valence electrons. The van der Waals surface area contributed by atoms with E-state index in [2.05, 4.69) is 20.9 Å². The summed E-state index contributed by atoms with van der Waals surface area (Å²) >= 11 is 4.35. The summed E-state index contributed by atoms with van der Waals surface area (Å²) < 4.78 is 8.85. The lowest BCUT2D eigenvalue weighted by Crippen LogP contribution is -1.87. The lowest BCUT2D eigenvalue weighted by molar-refractivity contribution is 0.210. The lowest BCUT2D eigenvalue weighted by atomic mass is 10.9. The minimum Gasteiger partial charge on any atom is -0.310 e. The molecule has 3 nitrogen and oxygen atoms in total. The molecule has 0 rings (SSSR count). The zero-order valence-electron chi connectivity index (χ0n) is 4.79. The van der Waals surface area contributed by atoms with E-state index in [1.165, 1.54) is 7.11 Å². The van der Waals surface area contributed by atoms with Crippen LogP contribution < -0.4 is 0 Å². The van der Waals surface area contributed by atoms with E-state index >= 15 is 0 Å². The summed E-state index contributed by atoms with van der Waals surface area (Å²) in [6.07, 6.45) is 0.